The highest BCUT2D eigenvalue weighted by Gasteiger charge is 2.20. The summed E-state index contributed by atoms with van der Waals surface area (Å²) in [6, 6.07) is 8.30. The number of rotatable bonds is 2. The number of hydrogen-bond donors (Lipinski definition) is 0. The van der Waals surface area contributed by atoms with E-state index in [4.69, 9.17) is 5.26 Å². The molecule has 78 valence electrons. The number of likely N-dealkylation sites (tertiary alicyclic amines) is 1. The summed E-state index contributed by atoms with van der Waals surface area (Å²) in [4.78, 5) is 6.60. The third-order valence-electron chi connectivity index (χ3n) is 2.99. The summed E-state index contributed by atoms with van der Waals surface area (Å²) in [5.74, 6) is 0.584. The average Bonchev–Trinajstić information content (AvgIpc) is 2.32. The van der Waals surface area contributed by atoms with Crippen LogP contribution in [-0.4, -0.2) is 29.5 Å². The molecule has 0 atom stereocenters. The van der Waals surface area contributed by atoms with Crippen LogP contribution in [-0.2, 0) is 0 Å². The number of piperidine rings is 1. The Morgan fingerprint density at radius 3 is 2.80 bits per heavy atom. The van der Waals surface area contributed by atoms with Gasteiger partial charge in [-0.2, -0.15) is 5.26 Å². The number of hydrogen-bond acceptors (Lipinski definition) is 3. The van der Waals surface area contributed by atoms with Gasteiger partial charge in [0.05, 0.1) is 12.6 Å². The van der Waals surface area contributed by atoms with Crippen LogP contribution in [0.25, 0.3) is 0 Å². The number of pyridine rings is 1. The standard InChI is InChI=1S/C12H15N3/c13-6-10-15-8-4-11(5-9-15)12-3-1-2-7-14-12/h1-3,7,11H,4-5,8-10H2. The van der Waals surface area contributed by atoms with Crippen LogP contribution in [0.1, 0.15) is 24.5 Å². The molecular formula is C12H15N3. The van der Waals surface area contributed by atoms with E-state index in [1.165, 1.54) is 5.69 Å². The van der Waals surface area contributed by atoms with Gasteiger partial charge in [0.25, 0.3) is 0 Å². The minimum Gasteiger partial charge on any atom is -0.291 e. The molecule has 1 aromatic heterocycles. The van der Waals surface area contributed by atoms with Crippen LogP contribution in [0, 0.1) is 11.3 Å². The van der Waals surface area contributed by atoms with Gasteiger partial charge in [0.15, 0.2) is 0 Å². The van der Waals surface area contributed by atoms with Gasteiger partial charge < -0.3 is 0 Å². The molecule has 0 N–H and O–H groups in total. The first kappa shape index (κ1) is 10.1. The first-order valence-corrected chi connectivity index (χ1v) is 5.40. The quantitative estimate of drug-likeness (QED) is 0.685. The van der Waals surface area contributed by atoms with Crippen molar-refractivity contribution in [1.82, 2.24) is 9.88 Å². The molecule has 0 aromatic carbocycles. The summed E-state index contributed by atoms with van der Waals surface area (Å²) < 4.78 is 0. The summed E-state index contributed by atoms with van der Waals surface area (Å²) in [7, 11) is 0. The van der Waals surface area contributed by atoms with Crippen LogP contribution >= 0.6 is 0 Å². The van der Waals surface area contributed by atoms with Gasteiger partial charge >= 0.3 is 0 Å². The number of nitrogens with zero attached hydrogens (tertiary/aromatic N) is 3. The summed E-state index contributed by atoms with van der Waals surface area (Å²) in [6.07, 6.45) is 4.11. The number of nitriles is 1. The van der Waals surface area contributed by atoms with Crippen molar-refractivity contribution in [1.29, 1.82) is 5.26 Å². The van der Waals surface area contributed by atoms with Crippen molar-refractivity contribution in [3.63, 3.8) is 0 Å². The van der Waals surface area contributed by atoms with E-state index in [2.05, 4.69) is 22.0 Å². The van der Waals surface area contributed by atoms with E-state index >= 15 is 0 Å². The Bertz CT molecular complexity index is 334. The molecule has 1 saturated heterocycles. The van der Waals surface area contributed by atoms with Gasteiger partial charge in [0, 0.05) is 17.8 Å². The van der Waals surface area contributed by atoms with Gasteiger partial charge in [-0.05, 0) is 38.1 Å². The van der Waals surface area contributed by atoms with E-state index in [1.807, 2.05) is 18.3 Å². The maximum atomic E-state index is 8.60. The zero-order valence-electron chi connectivity index (χ0n) is 8.76. The van der Waals surface area contributed by atoms with Gasteiger partial charge in [-0.25, -0.2) is 0 Å². The van der Waals surface area contributed by atoms with Crippen LogP contribution in [0.15, 0.2) is 24.4 Å². The van der Waals surface area contributed by atoms with Crippen LogP contribution in [0.3, 0.4) is 0 Å². The molecule has 2 rings (SSSR count). The van der Waals surface area contributed by atoms with E-state index in [0.29, 0.717) is 12.5 Å². The van der Waals surface area contributed by atoms with Crippen molar-refractivity contribution in [2.45, 2.75) is 18.8 Å². The lowest BCUT2D eigenvalue weighted by Gasteiger charge is -2.29. The minimum atomic E-state index is 0.564. The monoisotopic (exact) mass is 201 g/mol. The lowest BCUT2D eigenvalue weighted by molar-refractivity contribution is 0.233. The Morgan fingerprint density at radius 1 is 1.40 bits per heavy atom. The highest BCUT2D eigenvalue weighted by Crippen LogP contribution is 2.25. The average molecular weight is 201 g/mol. The van der Waals surface area contributed by atoms with Crippen molar-refractivity contribution >= 4 is 0 Å². The summed E-state index contributed by atoms with van der Waals surface area (Å²) in [5.41, 5.74) is 1.20. The maximum absolute atomic E-state index is 8.60. The third-order valence-corrected chi connectivity index (χ3v) is 2.99. The fourth-order valence-corrected chi connectivity index (χ4v) is 2.10. The molecule has 15 heavy (non-hydrogen) atoms. The molecule has 0 bridgehead atoms. The predicted molar refractivity (Wildman–Crippen MR) is 58.3 cm³/mol. The van der Waals surface area contributed by atoms with Gasteiger partial charge in [-0.1, -0.05) is 6.07 Å². The predicted octanol–water partition coefficient (Wildman–Crippen LogP) is 1.78. The lowest BCUT2D eigenvalue weighted by Crippen LogP contribution is -2.33. The molecule has 1 aliphatic heterocycles. The highest BCUT2D eigenvalue weighted by atomic mass is 15.1. The Labute approximate surface area is 90.4 Å². The summed E-state index contributed by atoms with van der Waals surface area (Å²) >= 11 is 0. The van der Waals surface area contributed by atoms with E-state index < -0.39 is 0 Å². The lowest BCUT2D eigenvalue weighted by atomic mass is 9.93. The van der Waals surface area contributed by atoms with E-state index in [9.17, 15) is 0 Å². The molecule has 3 nitrogen and oxygen atoms in total. The van der Waals surface area contributed by atoms with Crippen molar-refractivity contribution in [2.24, 2.45) is 0 Å². The van der Waals surface area contributed by atoms with Gasteiger partial charge in [-0.15, -0.1) is 0 Å². The van der Waals surface area contributed by atoms with Crippen LogP contribution < -0.4 is 0 Å². The molecule has 3 heteroatoms. The van der Waals surface area contributed by atoms with E-state index in [-0.39, 0.29) is 0 Å². The van der Waals surface area contributed by atoms with Crippen molar-refractivity contribution in [3.05, 3.63) is 30.1 Å². The second-order valence-corrected chi connectivity index (χ2v) is 3.96. The minimum absolute atomic E-state index is 0.564. The van der Waals surface area contributed by atoms with Gasteiger partial charge in [-0.3, -0.25) is 9.88 Å². The second-order valence-electron chi connectivity index (χ2n) is 3.96. The molecule has 1 aromatic rings. The van der Waals surface area contributed by atoms with E-state index in [1.54, 1.807) is 0 Å². The molecule has 1 aliphatic rings. The topological polar surface area (TPSA) is 39.9 Å². The third kappa shape index (κ3) is 2.54. The molecule has 0 aliphatic carbocycles. The molecular weight excluding hydrogens is 186 g/mol. The smallest absolute Gasteiger partial charge is 0.0865 e. The molecule has 0 spiro atoms. The summed E-state index contributed by atoms with van der Waals surface area (Å²) in [6.45, 7) is 2.61. The Hall–Kier alpha value is -1.40. The van der Waals surface area contributed by atoms with Crippen LogP contribution in [0.4, 0.5) is 0 Å². The Morgan fingerprint density at radius 2 is 2.20 bits per heavy atom. The molecule has 0 amide bonds. The van der Waals surface area contributed by atoms with Crippen LogP contribution in [0.5, 0.6) is 0 Å². The molecule has 1 fully saturated rings. The van der Waals surface area contributed by atoms with Crippen molar-refractivity contribution in [3.8, 4) is 6.07 Å². The van der Waals surface area contributed by atoms with Gasteiger partial charge in [0.2, 0.25) is 0 Å². The Balaban J connectivity index is 1.92. The molecule has 2 heterocycles. The van der Waals surface area contributed by atoms with E-state index in [0.717, 1.165) is 25.9 Å². The highest BCUT2D eigenvalue weighted by molar-refractivity contribution is 5.10. The van der Waals surface area contributed by atoms with Crippen LogP contribution in [0.2, 0.25) is 0 Å². The molecule has 0 radical (unpaired) electrons. The first-order valence-electron chi connectivity index (χ1n) is 5.40. The van der Waals surface area contributed by atoms with Crippen molar-refractivity contribution < 1.29 is 0 Å². The fourth-order valence-electron chi connectivity index (χ4n) is 2.10. The summed E-state index contributed by atoms with van der Waals surface area (Å²) in [5, 5.41) is 8.60. The van der Waals surface area contributed by atoms with Crippen molar-refractivity contribution in [2.75, 3.05) is 19.6 Å². The molecule has 0 saturated carbocycles. The Kier molecular flexibility index (Phi) is 3.31. The zero-order chi connectivity index (χ0) is 10.5. The normalized spacial score (nSPS) is 18.6. The number of aromatic nitrogens is 1. The molecule has 0 unspecified atom stereocenters. The largest absolute Gasteiger partial charge is 0.291 e. The van der Waals surface area contributed by atoms with Gasteiger partial charge in [0.1, 0.15) is 0 Å². The fraction of sp³-hybridized carbons (Fsp3) is 0.500. The SMILES string of the molecule is N#CCN1CCC(c2ccccn2)CC1. The second kappa shape index (κ2) is 4.90. The maximum Gasteiger partial charge on any atom is 0.0865 e. The first-order chi connectivity index (χ1) is 7.40. The zero-order valence-corrected chi connectivity index (χ0v) is 8.76.